The molecule has 7 nitrogen and oxygen atoms in total. The lowest BCUT2D eigenvalue weighted by atomic mass is 10.0. The number of halogens is 2. The van der Waals surface area contributed by atoms with Crippen LogP contribution < -0.4 is 10.2 Å². The van der Waals surface area contributed by atoms with E-state index in [1.807, 2.05) is 43.3 Å². The maximum Gasteiger partial charge on any atom is 0.411 e. The van der Waals surface area contributed by atoms with Crippen LogP contribution in [0.25, 0.3) is 11.1 Å². The van der Waals surface area contributed by atoms with E-state index in [1.165, 1.54) is 12.1 Å². The highest BCUT2D eigenvalue weighted by atomic mass is 35.5. The molecule has 34 heavy (non-hydrogen) atoms. The topological polar surface area (TPSA) is 95.9 Å². The highest BCUT2D eigenvalue weighted by Gasteiger charge is 2.26. The Balaban J connectivity index is 1.62. The Morgan fingerprint density at radius 3 is 2.18 bits per heavy atom. The first-order chi connectivity index (χ1) is 16.3. The molecule has 1 unspecified atom stereocenters. The molecular weight excluding hydrogens is 479 g/mol. The summed E-state index contributed by atoms with van der Waals surface area (Å²) in [4.78, 5) is 36.7. The van der Waals surface area contributed by atoms with Crippen molar-refractivity contribution < 1.29 is 24.2 Å². The molecule has 0 aliphatic carbocycles. The Morgan fingerprint density at radius 1 is 1.00 bits per heavy atom. The Bertz CT molecular complexity index is 1170. The van der Waals surface area contributed by atoms with Crippen molar-refractivity contribution in [2.45, 2.75) is 19.4 Å². The number of carboxylic acids is 1. The molecule has 0 saturated heterocycles. The largest absolute Gasteiger partial charge is 0.480 e. The Labute approximate surface area is 206 Å². The molecule has 0 heterocycles. The molecule has 9 heteroatoms. The molecular formula is C25H22Cl2N2O5. The third-order valence-electron chi connectivity index (χ3n) is 5.08. The van der Waals surface area contributed by atoms with Crippen LogP contribution in [0.3, 0.4) is 0 Å². The standard InChI is InChI=1S/C25H22Cl2N2O5/c1-16-2-4-17(5-3-16)18-6-9-20(10-7-18)29(15-30)23(24(31)32)12-13-34-25(33)28-19-8-11-21(26)22(27)14-19/h2-11,14-15,23H,12-13H2,1H3,(H,28,33)(H,31,32). The number of nitrogens with zero attached hydrogens (tertiary/aromatic N) is 1. The Morgan fingerprint density at radius 2 is 1.62 bits per heavy atom. The van der Waals surface area contributed by atoms with Gasteiger partial charge in [0.15, 0.2) is 0 Å². The molecule has 3 aromatic carbocycles. The molecule has 0 fully saturated rings. The van der Waals surface area contributed by atoms with Crippen LogP contribution >= 0.6 is 23.2 Å². The second-order valence-corrected chi connectivity index (χ2v) is 8.27. The van der Waals surface area contributed by atoms with Crippen molar-refractivity contribution in [1.82, 2.24) is 0 Å². The van der Waals surface area contributed by atoms with Gasteiger partial charge < -0.3 is 14.7 Å². The van der Waals surface area contributed by atoms with Crippen LogP contribution in [0.5, 0.6) is 0 Å². The van der Waals surface area contributed by atoms with E-state index in [1.54, 1.807) is 18.2 Å². The van der Waals surface area contributed by atoms with Crippen molar-refractivity contribution in [3.8, 4) is 11.1 Å². The second-order valence-electron chi connectivity index (χ2n) is 7.46. The van der Waals surface area contributed by atoms with E-state index < -0.39 is 18.1 Å². The van der Waals surface area contributed by atoms with Gasteiger partial charge in [-0.25, -0.2) is 9.59 Å². The van der Waals surface area contributed by atoms with Gasteiger partial charge in [-0.3, -0.25) is 10.1 Å². The minimum Gasteiger partial charge on any atom is -0.480 e. The van der Waals surface area contributed by atoms with E-state index >= 15 is 0 Å². The first kappa shape index (κ1) is 25.1. The molecule has 0 aromatic heterocycles. The molecule has 3 rings (SSSR count). The number of carboxylic acid groups (broad SMARTS) is 1. The molecule has 0 spiro atoms. The Hall–Kier alpha value is -3.55. The summed E-state index contributed by atoms with van der Waals surface area (Å²) in [6.07, 6.45) is -0.444. The maximum atomic E-state index is 12.0. The summed E-state index contributed by atoms with van der Waals surface area (Å²) in [5, 5.41) is 12.7. The van der Waals surface area contributed by atoms with Gasteiger partial charge in [0.1, 0.15) is 6.04 Å². The van der Waals surface area contributed by atoms with Crippen LogP contribution in [0.2, 0.25) is 10.0 Å². The highest BCUT2D eigenvalue weighted by molar-refractivity contribution is 6.42. The quantitative estimate of drug-likeness (QED) is 0.350. The summed E-state index contributed by atoms with van der Waals surface area (Å²) in [5.74, 6) is -1.22. The number of amides is 2. The minimum absolute atomic E-state index is 0.109. The number of nitrogens with one attached hydrogen (secondary N) is 1. The summed E-state index contributed by atoms with van der Waals surface area (Å²) >= 11 is 11.7. The number of hydrogen-bond donors (Lipinski definition) is 2. The van der Waals surface area contributed by atoms with Crippen molar-refractivity contribution in [3.63, 3.8) is 0 Å². The molecule has 0 saturated carbocycles. The van der Waals surface area contributed by atoms with Gasteiger partial charge in [0.2, 0.25) is 6.41 Å². The predicted octanol–water partition coefficient (Wildman–Crippen LogP) is 6.02. The molecule has 0 bridgehead atoms. The van der Waals surface area contributed by atoms with Crippen molar-refractivity contribution in [1.29, 1.82) is 0 Å². The SMILES string of the molecule is Cc1ccc(-c2ccc(N(C=O)C(CCOC(=O)Nc3ccc(Cl)c(Cl)c3)C(=O)O)cc2)cc1. The van der Waals surface area contributed by atoms with Crippen LogP contribution in [0, 0.1) is 6.92 Å². The third kappa shape index (κ3) is 6.50. The monoisotopic (exact) mass is 500 g/mol. The van der Waals surface area contributed by atoms with E-state index in [0.29, 0.717) is 22.8 Å². The smallest absolute Gasteiger partial charge is 0.411 e. The van der Waals surface area contributed by atoms with Gasteiger partial charge >= 0.3 is 12.1 Å². The maximum absolute atomic E-state index is 12.0. The summed E-state index contributed by atoms with van der Waals surface area (Å²) in [6, 6.07) is 18.3. The minimum atomic E-state index is -1.22. The highest BCUT2D eigenvalue weighted by Crippen LogP contribution is 2.26. The van der Waals surface area contributed by atoms with Crippen LogP contribution in [0.4, 0.5) is 16.2 Å². The molecule has 3 aromatic rings. The molecule has 0 aliphatic heterocycles. The number of ether oxygens (including phenoxy) is 1. The zero-order valence-corrected chi connectivity index (χ0v) is 19.7. The van der Waals surface area contributed by atoms with Gasteiger partial charge in [0.05, 0.1) is 16.7 Å². The van der Waals surface area contributed by atoms with Gasteiger partial charge in [-0.2, -0.15) is 0 Å². The summed E-state index contributed by atoms with van der Waals surface area (Å²) in [6.45, 7) is 1.78. The number of benzene rings is 3. The van der Waals surface area contributed by atoms with Crippen molar-refractivity contribution >= 4 is 53.0 Å². The van der Waals surface area contributed by atoms with E-state index in [-0.39, 0.29) is 18.1 Å². The fraction of sp³-hybridized carbons (Fsp3) is 0.160. The second kappa shape index (κ2) is 11.5. The normalized spacial score (nSPS) is 11.4. The zero-order valence-electron chi connectivity index (χ0n) is 18.2. The average molecular weight is 501 g/mol. The fourth-order valence-electron chi connectivity index (χ4n) is 3.26. The lowest BCUT2D eigenvalue weighted by Crippen LogP contribution is -2.41. The van der Waals surface area contributed by atoms with E-state index in [4.69, 9.17) is 27.9 Å². The lowest BCUT2D eigenvalue weighted by Gasteiger charge is -2.25. The van der Waals surface area contributed by atoms with Gasteiger partial charge in [-0.05, 0) is 48.4 Å². The number of rotatable bonds is 9. The van der Waals surface area contributed by atoms with Crippen molar-refractivity contribution in [2.75, 3.05) is 16.8 Å². The van der Waals surface area contributed by atoms with Gasteiger partial charge in [-0.1, -0.05) is 65.2 Å². The van der Waals surface area contributed by atoms with Gasteiger partial charge in [0, 0.05) is 17.8 Å². The van der Waals surface area contributed by atoms with Crippen molar-refractivity contribution in [3.05, 3.63) is 82.3 Å². The first-order valence-electron chi connectivity index (χ1n) is 10.3. The molecule has 0 aliphatic rings. The van der Waals surface area contributed by atoms with Crippen LogP contribution in [0.15, 0.2) is 66.7 Å². The number of aryl methyl sites for hydroxylation is 1. The van der Waals surface area contributed by atoms with Crippen LogP contribution in [0.1, 0.15) is 12.0 Å². The summed E-state index contributed by atoms with van der Waals surface area (Å²) in [7, 11) is 0. The molecule has 0 radical (unpaired) electrons. The lowest BCUT2D eigenvalue weighted by molar-refractivity contribution is -0.139. The molecule has 176 valence electrons. The third-order valence-corrected chi connectivity index (χ3v) is 5.81. The average Bonchev–Trinajstić information content (AvgIpc) is 2.82. The van der Waals surface area contributed by atoms with E-state index in [0.717, 1.165) is 21.6 Å². The summed E-state index contributed by atoms with van der Waals surface area (Å²) in [5.41, 5.74) is 3.87. The number of anilines is 2. The number of hydrogen-bond acceptors (Lipinski definition) is 4. The summed E-state index contributed by atoms with van der Waals surface area (Å²) < 4.78 is 5.08. The predicted molar refractivity (Wildman–Crippen MR) is 133 cm³/mol. The van der Waals surface area contributed by atoms with E-state index in [9.17, 15) is 19.5 Å². The molecule has 2 N–H and O–H groups in total. The van der Waals surface area contributed by atoms with E-state index in [2.05, 4.69) is 5.32 Å². The fourth-order valence-corrected chi connectivity index (χ4v) is 3.56. The van der Waals surface area contributed by atoms with Gasteiger partial charge in [0.25, 0.3) is 0 Å². The van der Waals surface area contributed by atoms with Crippen LogP contribution in [-0.2, 0) is 14.3 Å². The van der Waals surface area contributed by atoms with Crippen LogP contribution in [-0.4, -0.2) is 36.2 Å². The Kier molecular flexibility index (Phi) is 8.51. The molecule has 1 atom stereocenters. The van der Waals surface area contributed by atoms with Crippen molar-refractivity contribution in [2.24, 2.45) is 0 Å². The number of carbonyl (C=O) groups excluding carboxylic acids is 2. The number of aliphatic carboxylic acids is 1. The van der Waals surface area contributed by atoms with Gasteiger partial charge in [-0.15, -0.1) is 0 Å². The molecule has 2 amide bonds. The zero-order chi connectivity index (χ0) is 24.7. The first-order valence-corrected chi connectivity index (χ1v) is 11.1. The number of carbonyl (C=O) groups is 3.